The second kappa shape index (κ2) is 5.46. The number of aromatic nitrogens is 1. The van der Waals surface area contributed by atoms with Gasteiger partial charge in [-0.2, -0.15) is 0 Å². The van der Waals surface area contributed by atoms with Gasteiger partial charge in [-0.1, -0.05) is 0 Å². The number of sulfonamides is 1. The van der Waals surface area contributed by atoms with Gasteiger partial charge in [-0.3, -0.25) is 4.98 Å². The minimum Gasteiger partial charge on any atom is -0.496 e. The van der Waals surface area contributed by atoms with E-state index in [9.17, 15) is 8.42 Å². The van der Waals surface area contributed by atoms with E-state index in [1.807, 2.05) is 13.8 Å². The average molecular weight is 258 g/mol. The van der Waals surface area contributed by atoms with Crippen LogP contribution in [-0.4, -0.2) is 26.3 Å². The maximum Gasteiger partial charge on any atom is 0.211 e. The highest BCUT2D eigenvalue weighted by Crippen LogP contribution is 2.23. The molecule has 6 heteroatoms. The first-order chi connectivity index (χ1) is 7.91. The number of pyridine rings is 1. The van der Waals surface area contributed by atoms with Crippen molar-refractivity contribution in [2.45, 2.75) is 27.3 Å². The smallest absolute Gasteiger partial charge is 0.211 e. The SMILES string of the molecule is CCS(=O)(=O)NCc1ncc(C)c(OC)c1C. The molecule has 0 unspecified atom stereocenters. The molecular weight excluding hydrogens is 240 g/mol. The normalized spacial score (nSPS) is 11.5. The summed E-state index contributed by atoms with van der Waals surface area (Å²) in [6.07, 6.45) is 1.68. The van der Waals surface area contributed by atoms with E-state index >= 15 is 0 Å². The molecule has 1 heterocycles. The van der Waals surface area contributed by atoms with Gasteiger partial charge < -0.3 is 4.74 Å². The summed E-state index contributed by atoms with van der Waals surface area (Å²) in [6.45, 7) is 5.56. The third kappa shape index (κ3) is 3.41. The Balaban J connectivity index is 2.94. The third-order valence-electron chi connectivity index (χ3n) is 2.59. The molecule has 96 valence electrons. The van der Waals surface area contributed by atoms with Crippen molar-refractivity contribution < 1.29 is 13.2 Å². The highest BCUT2D eigenvalue weighted by Gasteiger charge is 2.12. The van der Waals surface area contributed by atoms with Crippen LogP contribution in [-0.2, 0) is 16.6 Å². The highest BCUT2D eigenvalue weighted by atomic mass is 32.2. The van der Waals surface area contributed by atoms with Gasteiger partial charge in [0.1, 0.15) is 5.75 Å². The minimum atomic E-state index is -3.19. The molecule has 0 fully saturated rings. The van der Waals surface area contributed by atoms with Gasteiger partial charge in [0, 0.05) is 17.3 Å². The predicted molar refractivity (Wildman–Crippen MR) is 66.6 cm³/mol. The van der Waals surface area contributed by atoms with E-state index in [0.717, 1.165) is 16.9 Å². The molecule has 0 aromatic carbocycles. The molecule has 0 saturated carbocycles. The van der Waals surface area contributed by atoms with E-state index in [1.165, 1.54) is 0 Å². The highest BCUT2D eigenvalue weighted by molar-refractivity contribution is 7.89. The summed E-state index contributed by atoms with van der Waals surface area (Å²) in [7, 11) is -1.60. The molecule has 1 rings (SSSR count). The molecule has 1 N–H and O–H groups in total. The van der Waals surface area contributed by atoms with Crippen LogP contribution in [0.5, 0.6) is 5.75 Å². The van der Waals surface area contributed by atoms with Gasteiger partial charge in [0.15, 0.2) is 0 Å². The zero-order valence-electron chi connectivity index (χ0n) is 10.6. The zero-order chi connectivity index (χ0) is 13.1. The Kier molecular flexibility index (Phi) is 4.47. The number of rotatable bonds is 5. The largest absolute Gasteiger partial charge is 0.496 e. The topological polar surface area (TPSA) is 68.3 Å². The Morgan fingerprint density at radius 2 is 2.06 bits per heavy atom. The number of hydrogen-bond donors (Lipinski definition) is 1. The quantitative estimate of drug-likeness (QED) is 0.860. The summed E-state index contributed by atoms with van der Waals surface area (Å²) in [5, 5.41) is 0. The Morgan fingerprint density at radius 1 is 1.41 bits per heavy atom. The monoisotopic (exact) mass is 258 g/mol. The van der Waals surface area contributed by atoms with Crippen LogP contribution in [0.2, 0.25) is 0 Å². The summed E-state index contributed by atoms with van der Waals surface area (Å²) < 4.78 is 30.4. The van der Waals surface area contributed by atoms with Crippen LogP contribution in [0, 0.1) is 13.8 Å². The number of nitrogens with one attached hydrogen (secondary N) is 1. The van der Waals surface area contributed by atoms with Gasteiger partial charge in [0.2, 0.25) is 10.0 Å². The van der Waals surface area contributed by atoms with E-state index in [0.29, 0.717) is 5.69 Å². The zero-order valence-corrected chi connectivity index (χ0v) is 11.4. The second-order valence-electron chi connectivity index (χ2n) is 3.77. The summed E-state index contributed by atoms with van der Waals surface area (Å²) in [6, 6.07) is 0. The summed E-state index contributed by atoms with van der Waals surface area (Å²) in [4.78, 5) is 4.22. The van der Waals surface area contributed by atoms with E-state index < -0.39 is 10.0 Å². The lowest BCUT2D eigenvalue weighted by Gasteiger charge is -2.12. The number of aryl methyl sites for hydroxylation is 1. The van der Waals surface area contributed by atoms with Crippen molar-refractivity contribution in [3.8, 4) is 5.75 Å². The Labute approximate surface area is 102 Å². The molecule has 1 aromatic rings. The maximum atomic E-state index is 11.3. The Morgan fingerprint density at radius 3 is 2.59 bits per heavy atom. The van der Waals surface area contributed by atoms with E-state index in [4.69, 9.17) is 4.74 Å². The van der Waals surface area contributed by atoms with Crippen LogP contribution in [0.25, 0.3) is 0 Å². The lowest BCUT2D eigenvalue weighted by atomic mass is 10.1. The van der Waals surface area contributed by atoms with Crippen molar-refractivity contribution in [2.75, 3.05) is 12.9 Å². The van der Waals surface area contributed by atoms with Gasteiger partial charge in [0.05, 0.1) is 25.1 Å². The van der Waals surface area contributed by atoms with E-state index in [-0.39, 0.29) is 12.3 Å². The fraction of sp³-hybridized carbons (Fsp3) is 0.545. The van der Waals surface area contributed by atoms with Crippen LogP contribution in [0.4, 0.5) is 0 Å². The minimum absolute atomic E-state index is 0.0645. The maximum absolute atomic E-state index is 11.3. The molecule has 0 aliphatic heterocycles. The first-order valence-electron chi connectivity index (χ1n) is 5.37. The molecule has 0 amide bonds. The van der Waals surface area contributed by atoms with Crippen molar-refractivity contribution >= 4 is 10.0 Å². The Bertz CT molecular complexity index is 498. The lowest BCUT2D eigenvalue weighted by molar-refractivity contribution is 0.406. The molecule has 17 heavy (non-hydrogen) atoms. The van der Waals surface area contributed by atoms with Crippen molar-refractivity contribution in [2.24, 2.45) is 0 Å². The number of nitrogens with zero attached hydrogens (tertiary/aromatic N) is 1. The lowest BCUT2D eigenvalue weighted by Crippen LogP contribution is -2.25. The molecule has 0 atom stereocenters. The number of ether oxygens (including phenoxy) is 1. The van der Waals surface area contributed by atoms with Gasteiger partial charge in [-0.05, 0) is 20.8 Å². The molecule has 5 nitrogen and oxygen atoms in total. The molecule has 0 spiro atoms. The third-order valence-corrected chi connectivity index (χ3v) is 3.93. The van der Waals surface area contributed by atoms with Crippen LogP contribution in [0.3, 0.4) is 0 Å². The Hall–Kier alpha value is -1.14. The first kappa shape index (κ1) is 13.9. The second-order valence-corrected chi connectivity index (χ2v) is 5.87. The van der Waals surface area contributed by atoms with Crippen molar-refractivity contribution in [1.29, 1.82) is 0 Å². The molecule has 1 aromatic heterocycles. The van der Waals surface area contributed by atoms with Crippen molar-refractivity contribution in [1.82, 2.24) is 9.71 Å². The molecule has 0 saturated heterocycles. The predicted octanol–water partition coefficient (Wildman–Crippen LogP) is 1.15. The van der Waals surface area contributed by atoms with E-state index in [1.54, 1.807) is 20.2 Å². The van der Waals surface area contributed by atoms with Crippen molar-refractivity contribution in [3.05, 3.63) is 23.0 Å². The molecule has 0 aliphatic rings. The number of methoxy groups -OCH3 is 1. The van der Waals surface area contributed by atoms with Crippen molar-refractivity contribution in [3.63, 3.8) is 0 Å². The van der Waals surface area contributed by atoms with Crippen LogP contribution < -0.4 is 9.46 Å². The standard InChI is InChI=1S/C11H18N2O3S/c1-5-17(14,15)13-7-10-9(3)11(16-4)8(2)6-12-10/h6,13H,5,7H2,1-4H3. The fourth-order valence-electron chi connectivity index (χ4n) is 1.53. The fourth-order valence-corrected chi connectivity index (χ4v) is 2.09. The first-order valence-corrected chi connectivity index (χ1v) is 7.03. The summed E-state index contributed by atoms with van der Waals surface area (Å²) >= 11 is 0. The molecule has 0 aliphatic carbocycles. The average Bonchev–Trinajstić information content (AvgIpc) is 2.29. The van der Waals surface area contributed by atoms with Crippen LogP contribution in [0.1, 0.15) is 23.7 Å². The van der Waals surface area contributed by atoms with Crippen LogP contribution >= 0.6 is 0 Å². The number of hydrogen-bond acceptors (Lipinski definition) is 4. The van der Waals surface area contributed by atoms with Gasteiger partial charge in [-0.15, -0.1) is 0 Å². The van der Waals surface area contributed by atoms with Gasteiger partial charge >= 0.3 is 0 Å². The van der Waals surface area contributed by atoms with E-state index in [2.05, 4.69) is 9.71 Å². The van der Waals surface area contributed by atoms with Crippen LogP contribution in [0.15, 0.2) is 6.20 Å². The molecule has 0 radical (unpaired) electrons. The van der Waals surface area contributed by atoms with Gasteiger partial charge in [-0.25, -0.2) is 13.1 Å². The van der Waals surface area contributed by atoms with Gasteiger partial charge in [0.25, 0.3) is 0 Å². The molecule has 0 bridgehead atoms. The summed E-state index contributed by atoms with van der Waals surface area (Å²) in [5.74, 6) is 0.820. The molecular formula is C11H18N2O3S. The summed E-state index contributed by atoms with van der Waals surface area (Å²) in [5.41, 5.74) is 2.49.